The molecule has 0 aliphatic heterocycles. The van der Waals surface area contributed by atoms with Crippen LogP contribution < -0.4 is 0 Å². The first-order chi connectivity index (χ1) is 9.83. The van der Waals surface area contributed by atoms with E-state index < -0.39 is 5.92 Å². The molecule has 0 bridgehead atoms. The van der Waals surface area contributed by atoms with Gasteiger partial charge in [-0.15, -0.1) is 0 Å². The summed E-state index contributed by atoms with van der Waals surface area (Å²) in [6.07, 6.45) is 4.51. The number of ether oxygens (including phenoxy) is 1. The third-order valence-electron chi connectivity index (χ3n) is 2.90. The number of carbonyl (C=O) groups is 1. The minimum absolute atomic E-state index is 0.305. The standard InChI is InChI=1S/C18H16O2/c1-2-3-14-20-18(19)17(15-10-6-4-7-11-15)16-12-8-5-9-13-16/h2-14,17H,1H2/b14-3+. The van der Waals surface area contributed by atoms with Crippen molar-refractivity contribution in [1.29, 1.82) is 0 Å². The Labute approximate surface area is 119 Å². The van der Waals surface area contributed by atoms with Gasteiger partial charge in [0.15, 0.2) is 0 Å². The molecular formula is C18H16O2. The SMILES string of the molecule is C=C/C=C/OC(=O)C(c1ccccc1)c1ccccc1. The molecule has 0 atom stereocenters. The van der Waals surface area contributed by atoms with Crippen molar-refractivity contribution in [3.05, 3.63) is 96.8 Å². The van der Waals surface area contributed by atoms with Crippen molar-refractivity contribution in [3.63, 3.8) is 0 Å². The van der Waals surface area contributed by atoms with Gasteiger partial charge in [-0.2, -0.15) is 0 Å². The number of allylic oxidation sites excluding steroid dienone is 2. The van der Waals surface area contributed by atoms with Crippen molar-refractivity contribution in [2.45, 2.75) is 5.92 Å². The predicted molar refractivity (Wildman–Crippen MR) is 80.2 cm³/mol. The fraction of sp³-hybridized carbons (Fsp3) is 0.0556. The van der Waals surface area contributed by atoms with Crippen LogP contribution in [-0.2, 0) is 9.53 Å². The maximum atomic E-state index is 12.3. The zero-order valence-corrected chi connectivity index (χ0v) is 11.1. The van der Waals surface area contributed by atoms with Gasteiger partial charge in [0.05, 0.1) is 6.26 Å². The van der Waals surface area contributed by atoms with E-state index in [0.717, 1.165) is 11.1 Å². The quantitative estimate of drug-likeness (QED) is 0.462. The van der Waals surface area contributed by atoms with Crippen LogP contribution in [0.15, 0.2) is 85.7 Å². The zero-order valence-electron chi connectivity index (χ0n) is 11.1. The molecular weight excluding hydrogens is 248 g/mol. The van der Waals surface area contributed by atoms with E-state index in [1.807, 2.05) is 60.7 Å². The second-order valence-electron chi connectivity index (χ2n) is 4.26. The van der Waals surface area contributed by atoms with Crippen LogP contribution >= 0.6 is 0 Å². The molecule has 0 unspecified atom stereocenters. The fourth-order valence-electron chi connectivity index (χ4n) is 1.99. The summed E-state index contributed by atoms with van der Waals surface area (Å²) in [6, 6.07) is 19.2. The molecule has 0 aliphatic rings. The van der Waals surface area contributed by atoms with E-state index in [1.165, 1.54) is 6.26 Å². The van der Waals surface area contributed by atoms with Gasteiger partial charge < -0.3 is 4.74 Å². The number of carbonyl (C=O) groups excluding carboxylic acids is 1. The molecule has 0 amide bonds. The molecule has 0 aromatic heterocycles. The second-order valence-corrected chi connectivity index (χ2v) is 4.26. The first-order valence-corrected chi connectivity index (χ1v) is 6.41. The number of hydrogen-bond donors (Lipinski definition) is 0. The highest BCUT2D eigenvalue weighted by Gasteiger charge is 2.23. The van der Waals surface area contributed by atoms with Crippen LogP contribution in [0, 0.1) is 0 Å². The number of esters is 1. The molecule has 0 saturated heterocycles. The van der Waals surface area contributed by atoms with Gasteiger partial charge in [-0.05, 0) is 17.2 Å². The molecule has 0 aliphatic carbocycles. The van der Waals surface area contributed by atoms with Gasteiger partial charge in [0.1, 0.15) is 5.92 Å². The van der Waals surface area contributed by atoms with Crippen LogP contribution in [0.4, 0.5) is 0 Å². The van der Waals surface area contributed by atoms with Gasteiger partial charge in [-0.3, -0.25) is 4.79 Å². The molecule has 2 aromatic rings. The van der Waals surface area contributed by atoms with Crippen LogP contribution in [0.3, 0.4) is 0 Å². The second kappa shape index (κ2) is 7.10. The largest absolute Gasteiger partial charge is 0.434 e. The normalized spacial score (nSPS) is 10.7. The molecule has 0 heterocycles. The van der Waals surface area contributed by atoms with E-state index in [2.05, 4.69) is 6.58 Å². The van der Waals surface area contributed by atoms with Crippen molar-refractivity contribution in [2.75, 3.05) is 0 Å². The lowest BCUT2D eigenvalue weighted by atomic mass is 9.91. The first-order valence-electron chi connectivity index (χ1n) is 6.41. The van der Waals surface area contributed by atoms with E-state index >= 15 is 0 Å². The van der Waals surface area contributed by atoms with Gasteiger partial charge in [0.2, 0.25) is 0 Å². The summed E-state index contributed by atoms with van der Waals surface area (Å²) in [6.45, 7) is 3.54. The Kier molecular flexibility index (Phi) is 4.90. The molecule has 0 N–H and O–H groups in total. The molecule has 0 fully saturated rings. The van der Waals surface area contributed by atoms with Crippen LogP contribution in [0.5, 0.6) is 0 Å². The van der Waals surface area contributed by atoms with Crippen molar-refractivity contribution in [1.82, 2.24) is 0 Å². The lowest BCUT2D eigenvalue weighted by molar-refractivity contribution is -0.138. The molecule has 2 aromatic carbocycles. The van der Waals surface area contributed by atoms with Crippen molar-refractivity contribution >= 4 is 5.97 Å². The lowest BCUT2D eigenvalue weighted by Gasteiger charge is -2.15. The molecule has 2 heteroatoms. The molecule has 2 nitrogen and oxygen atoms in total. The first kappa shape index (κ1) is 13.8. The summed E-state index contributed by atoms with van der Waals surface area (Å²) in [5.74, 6) is -0.729. The molecule has 0 radical (unpaired) electrons. The zero-order chi connectivity index (χ0) is 14.2. The van der Waals surface area contributed by atoms with E-state index in [-0.39, 0.29) is 5.97 Å². The summed E-state index contributed by atoms with van der Waals surface area (Å²) < 4.78 is 5.16. The Morgan fingerprint density at radius 1 is 0.950 bits per heavy atom. The molecule has 0 saturated carbocycles. The summed E-state index contributed by atoms with van der Waals surface area (Å²) in [5.41, 5.74) is 1.83. The Morgan fingerprint density at radius 2 is 1.45 bits per heavy atom. The molecule has 0 spiro atoms. The fourth-order valence-corrected chi connectivity index (χ4v) is 1.99. The maximum Gasteiger partial charge on any atom is 0.322 e. The van der Waals surface area contributed by atoms with Gasteiger partial charge in [-0.1, -0.05) is 73.3 Å². The highest BCUT2D eigenvalue weighted by Crippen LogP contribution is 2.25. The number of hydrogen-bond acceptors (Lipinski definition) is 2. The van der Waals surface area contributed by atoms with E-state index in [1.54, 1.807) is 12.2 Å². The minimum atomic E-state index is -0.424. The molecule has 20 heavy (non-hydrogen) atoms. The Bertz CT molecular complexity index is 546. The lowest BCUT2D eigenvalue weighted by Crippen LogP contribution is -2.15. The smallest absolute Gasteiger partial charge is 0.322 e. The average molecular weight is 264 g/mol. The Morgan fingerprint density at radius 3 is 1.90 bits per heavy atom. The van der Waals surface area contributed by atoms with Crippen molar-refractivity contribution in [3.8, 4) is 0 Å². The van der Waals surface area contributed by atoms with Gasteiger partial charge in [-0.25, -0.2) is 0 Å². The highest BCUT2D eigenvalue weighted by molar-refractivity contribution is 5.82. The van der Waals surface area contributed by atoms with E-state index in [4.69, 9.17) is 4.74 Å². The Balaban J connectivity index is 2.32. The van der Waals surface area contributed by atoms with Crippen molar-refractivity contribution < 1.29 is 9.53 Å². The van der Waals surface area contributed by atoms with Gasteiger partial charge in [0.25, 0.3) is 0 Å². The average Bonchev–Trinajstić information content (AvgIpc) is 2.50. The highest BCUT2D eigenvalue weighted by atomic mass is 16.5. The van der Waals surface area contributed by atoms with Crippen molar-refractivity contribution in [2.24, 2.45) is 0 Å². The van der Waals surface area contributed by atoms with Crippen LogP contribution in [0.1, 0.15) is 17.0 Å². The Hall–Kier alpha value is -2.61. The van der Waals surface area contributed by atoms with E-state index in [0.29, 0.717) is 0 Å². The van der Waals surface area contributed by atoms with Crippen LogP contribution in [0.2, 0.25) is 0 Å². The topological polar surface area (TPSA) is 26.3 Å². The monoisotopic (exact) mass is 264 g/mol. The minimum Gasteiger partial charge on any atom is -0.434 e. The third-order valence-corrected chi connectivity index (χ3v) is 2.90. The summed E-state index contributed by atoms with van der Waals surface area (Å²) in [4.78, 5) is 12.3. The van der Waals surface area contributed by atoms with Gasteiger partial charge in [0, 0.05) is 0 Å². The van der Waals surface area contributed by atoms with E-state index in [9.17, 15) is 4.79 Å². The summed E-state index contributed by atoms with van der Waals surface area (Å²) in [5, 5.41) is 0. The molecule has 100 valence electrons. The summed E-state index contributed by atoms with van der Waals surface area (Å²) >= 11 is 0. The number of benzene rings is 2. The maximum absolute atomic E-state index is 12.3. The van der Waals surface area contributed by atoms with Gasteiger partial charge >= 0.3 is 5.97 Å². The summed E-state index contributed by atoms with van der Waals surface area (Å²) in [7, 11) is 0. The van der Waals surface area contributed by atoms with Crippen LogP contribution in [-0.4, -0.2) is 5.97 Å². The number of rotatable bonds is 5. The van der Waals surface area contributed by atoms with Crippen LogP contribution in [0.25, 0.3) is 0 Å². The molecule has 2 rings (SSSR count). The predicted octanol–water partition coefficient (Wildman–Crippen LogP) is 4.06. The third kappa shape index (κ3) is 3.45.